The molecule has 2 aromatic carbocycles. The molecule has 1 fully saturated rings. The molecule has 0 aliphatic carbocycles. The molecular formula is C24H33N3O4. The van der Waals surface area contributed by atoms with Crippen LogP contribution in [0.25, 0.3) is 10.8 Å². The van der Waals surface area contributed by atoms with Gasteiger partial charge in [-0.25, -0.2) is 4.79 Å². The van der Waals surface area contributed by atoms with E-state index in [9.17, 15) is 9.59 Å². The molecule has 0 saturated carbocycles. The number of fused-ring (bicyclic) bond motifs is 1. The zero-order chi connectivity index (χ0) is 22.4. The number of amides is 1. The minimum Gasteiger partial charge on any atom is -0.466 e. The molecule has 31 heavy (non-hydrogen) atoms. The first kappa shape index (κ1) is 22.7. The summed E-state index contributed by atoms with van der Waals surface area (Å²) in [6.45, 7) is 11.1. The van der Waals surface area contributed by atoms with Gasteiger partial charge in [-0.05, 0) is 39.8 Å². The predicted octanol–water partition coefficient (Wildman–Crippen LogP) is 4.26. The molecule has 1 aliphatic heterocycles. The normalized spacial score (nSPS) is 14.5. The Kier molecular flexibility index (Phi) is 7.25. The third-order valence-corrected chi connectivity index (χ3v) is 5.12. The highest BCUT2D eigenvalue weighted by Gasteiger charge is 2.26. The summed E-state index contributed by atoms with van der Waals surface area (Å²) in [6.07, 6.45) is 0.0782. The molecule has 1 saturated heterocycles. The monoisotopic (exact) mass is 427 g/mol. The van der Waals surface area contributed by atoms with Crippen LogP contribution in [-0.2, 0) is 14.3 Å². The Bertz CT molecular complexity index is 915. The molecule has 7 heteroatoms. The zero-order valence-electron chi connectivity index (χ0n) is 18.9. The minimum absolute atomic E-state index is 0.196. The highest BCUT2D eigenvalue weighted by molar-refractivity contribution is 6.02. The van der Waals surface area contributed by atoms with Crippen molar-refractivity contribution in [2.75, 3.05) is 49.5 Å². The van der Waals surface area contributed by atoms with Crippen molar-refractivity contribution < 1.29 is 19.1 Å². The molecule has 7 nitrogen and oxygen atoms in total. The second-order valence-corrected chi connectivity index (χ2v) is 8.61. The van der Waals surface area contributed by atoms with Gasteiger partial charge < -0.3 is 24.6 Å². The maximum Gasteiger partial charge on any atom is 0.410 e. The number of carbonyl (C=O) groups excluding carboxylic acids is 2. The third kappa shape index (κ3) is 6.03. The van der Waals surface area contributed by atoms with Gasteiger partial charge in [-0.15, -0.1) is 0 Å². The molecule has 0 bridgehead atoms. The van der Waals surface area contributed by atoms with Gasteiger partial charge in [0, 0.05) is 54.9 Å². The predicted molar refractivity (Wildman–Crippen MR) is 124 cm³/mol. The summed E-state index contributed by atoms with van der Waals surface area (Å²) in [5.74, 6) is -0.196. The van der Waals surface area contributed by atoms with Gasteiger partial charge in [0.15, 0.2) is 0 Å². The number of hydrogen-bond donors (Lipinski definition) is 1. The van der Waals surface area contributed by atoms with E-state index in [1.807, 2.05) is 39.8 Å². The quantitative estimate of drug-likeness (QED) is 0.695. The van der Waals surface area contributed by atoms with Crippen LogP contribution in [0, 0.1) is 0 Å². The average molecular weight is 428 g/mol. The number of ether oxygens (including phenoxy) is 2. The number of esters is 1. The molecule has 1 heterocycles. The molecule has 0 atom stereocenters. The Morgan fingerprint density at radius 1 is 1.00 bits per heavy atom. The number of benzene rings is 2. The minimum atomic E-state index is -0.486. The van der Waals surface area contributed by atoms with Crippen LogP contribution >= 0.6 is 0 Å². The molecule has 168 valence electrons. The molecule has 0 aromatic heterocycles. The van der Waals surface area contributed by atoms with Crippen LogP contribution in [0.1, 0.15) is 34.1 Å². The fraction of sp³-hybridized carbons (Fsp3) is 0.500. The van der Waals surface area contributed by atoms with E-state index in [2.05, 4.69) is 34.5 Å². The second kappa shape index (κ2) is 9.90. The van der Waals surface area contributed by atoms with E-state index in [-0.39, 0.29) is 12.1 Å². The third-order valence-electron chi connectivity index (χ3n) is 5.12. The van der Waals surface area contributed by atoms with Crippen LogP contribution in [0.4, 0.5) is 16.2 Å². The van der Waals surface area contributed by atoms with Gasteiger partial charge in [-0.1, -0.05) is 24.3 Å². The summed E-state index contributed by atoms with van der Waals surface area (Å²) in [5, 5.41) is 5.62. The van der Waals surface area contributed by atoms with Crippen molar-refractivity contribution in [2.24, 2.45) is 0 Å². The van der Waals surface area contributed by atoms with Crippen molar-refractivity contribution in [3.05, 3.63) is 36.4 Å². The molecule has 0 spiro atoms. The fourth-order valence-corrected chi connectivity index (χ4v) is 3.70. The molecule has 2 aromatic rings. The number of nitrogens with one attached hydrogen (secondary N) is 1. The van der Waals surface area contributed by atoms with Gasteiger partial charge in [0.2, 0.25) is 0 Å². The van der Waals surface area contributed by atoms with E-state index >= 15 is 0 Å². The van der Waals surface area contributed by atoms with Crippen LogP contribution in [-0.4, -0.2) is 61.9 Å². The first-order chi connectivity index (χ1) is 14.8. The summed E-state index contributed by atoms with van der Waals surface area (Å²) in [5.41, 5.74) is 1.66. The first-order valence-corrected chi connectivity index (χ1v) is 10.9. The Morgan fingerprint density at radius 2 is 1.68 bits per heavy atom. The van der Waals surface area contributed by atoms with Crippen molar-refractivity contribution in [1.29, 1.82) is 0 Å². The Balaban J connectivity index is 1.68. The highest BCUT2D eigenvalue weighted by Crippen LogP contribution is 2.33. The number of hydrogen-bond acceptors (Lipinski definition) is 6. The van der Waals surface area contributed by atoms with Crippen LogP contribution < -0.4 is 10.2 Å². The van der Waals surface area contributed by atoms with E-state index in [1.54, 1.807) is 4.90 Å². The summed E-state index contributed by atoms with van der Waals surface area (Å²) in [6, 6.07) is 12.4. The first-order valence-electron chi connectivity index (χ1n) is 10.9. The second-order valence-electron chi connectivity index (χ2n) is 8.61. The van der Waals surface area contributed by atoms with Crippen LogP contribution in [0.2, 0.25) is 0 Å². The maximum atomic E-state index is 12.3. The van der Waals surface area contributed by atoms with E-state index in [1.165, 1.54) is 0 Å². The number of piperazine rings is 1. The van der Waals surface area contributed by atoms with Crippen molar-refractivity contribution in [3.63, 3.8) is 0 Å². The van der Waals surface area contributed by atoms with Gasteiger partial charge in [0.1, 0.15) is 5.60 Å². The molecule has 1 N–H and O–H groups in total. The van der Waals surface area contributed by atoms with Gasteiger partial charge in [0.25, 0.3) is 0 Å². The molecular weight excluding hydrogens is 394 g/mol. The lowest BCUT2D eigenvalue weighted by Gasteiger charge is -2.37. The van der Waals surface area contributed by atoms with Crippen LogP contribution in [0.3, 0.4) is 0 Å². The molecule has 3 rings (SSSR count). The number of nitrogens with zero attached hydrogens (tertiary/aromatic N) is 2. The molecule has 1 amide bonds. The van der Waals surface area contributed by atoms with Crippen molar-refractivity contribution in [3.8, 4) is 0 Å². The van der Waals surface area contributed by atoms with Gasteiger partial charge in [0.05, 0.1) is 13.0 Å². The number of anilines is 2. The smallest absolute Gasteiger partial charge is 0.410 e. The average Bonchev–Trinajstić information content (AvgIpc) is 2.73. The lowest BCUT2D eigenvalue weighted by atomic mass is 10.0. The lowest BCUT2D eigenvalue weighted by molar-refractivity contribution is -0.142. The van der Waals surface area contributed by atoms with Crippen LogP contribution in [0.5, 0.6) is 0 Å². The Labute approximate surface area is 184 Å². The zero-order valence-corrected chi connectivity index (χ0v) is 18.9. The molecule has 0 unspecified atom stereocenters. The molecule has 1 aliphatic rings. The van der Waals surface area contributed by atoms with E-state index < -0.39 is 5.60 Å². The van der Waals surface area contributed by atoms with Gasteiger partial charge in [-0.3, -0.25) is 4.79 Å². The summed E-state index contributed by atoms with van der Waals surface area (Å²) in [7, 11) is 0. The Hall–Kier alpha value is -2.96. The number of rotatable bonds is 6. The Morgan fingerprint density at radius 3 is 2.32 bits per heavy atom. The summed E-state index contributed by atoms with van der Waals surface area (Å²) >= 11 is 0. The lowest BCUT2D eigenvalue weighted by Crippen LogP contribution is -2.50. The maximum absolute atomic E-state index is 12.3. The number of carbonyl (C=O) groups is 2. The summed E-state index contributed by atoms with van der Waals surface area (Å²) < 4.78 is 10.5. The fourth-order valence-electron chi connectivity index (χ4n) is 3.70. The topological polar surface area (TPSA) is 71.1 Å². The highest BCUT2D eigenvalue weighted by atomic mass is 16.6. The van der Waals surface area contributed by atoms with E-state index in [4.69, 9.17) is 9.47 Å². The van der Waals surface area contributed by atoms with Crippen molar-refractivity contribution in [1.82, 2.24) is 4.90 Å². The summed E-state index contributed by atoms with van der Waals surface area (Å²) in [4.78, 5) is 28.0. The van der Waals surface area contributed by atoms with Crippen molar-refractivity contribution in [2.45, 2.75) is 39.7 Å². The van der Waals surface area contributed by atoms with Crippen molar-refractivity contribution >= 4 is 34.2 Å². The standard InChI is InChI=1S/C24H33N3O4/c1-5-30-22(28)12-13-25-20-10-11-21(19-9-7-6-8-18(19)20)26-14-16-27(17-15-26)23(29)31-24(2,3)4/h6-11,25H,5,12-17H2,1-4H3. The molecule has 0 radical (unpaired) electrons. The van der Waals surface area contributed by atoms with E-state index in [0.29, 0.717) is 32.7 Å². The van der Waals surface area contributed by atoms with Gasteiger partial charge >= 0.3 is 12.1 Å². The van der Waals surface area contributed by atoms with Crippen LogP contribution in [0.15, 0.2) is 36.4 Å². The van der Waals surface area contributed by atoms with Gasteiger partial charge in [-0.2, -0.15) is 0 Å². The SMILES string of the molecule is CCOC(=O)CCNc1ccc(N2CCN(C(=O)OC(C)(C)C)CC2)c2ccccc12. The van der Waals surface area contributed by atoms with E-state index in [0.717, 1.165) is 35.2 Å². The largest absolute Gasteiger partial charge is 0.466 e.